The average molecular weight is 290 g/mol. The van der Waals surface area contributed by atoms with Crippen LogP contribution in [-0.4, -0.2) is 30.1 Å². The van der Waals surface area contributed by atoms with Crippen LogP contribution >= 0.6 is 0 Å². The normalized spacial score (nSPS) is 13.2. The molecular weight excluding hydrogens is 269 g/mol. The number of hydrogen-bond donors (Lipinski definition) is 1. The summed E-state index contributed by atoms with van der Waals surface area (Å²) in [4.78, 5) is 9.36. The van der Waals surface area contributed by atoms with E-state index in [1.54, 1.807) is 18.9 Å². The van der Waals surface area contributed by atoms with Crippen LogP contribution < -0.4 is 10.2 Å². The Bertz CT molecular complexity index is 434. The van der Waals surface area contributed by atoms with Gasteiger partial charge in [-0.15, -0.1) is 0 Å². The van der Waals surface area contributed by atoms with Gasteiger partial charge >= 0.3 is 6.18 Å². The number of aromatic nitrogens is 2. The number of hydrogen-bond acceptors (Lipinski definition) is 4. The molecule has 1 aromatic rings. The third-order valence-electron chi connectivity index (χ3n) is 3.01. The second-order valence-electron chi connectivity index (χ2n) is 4.86. The van der Waals surface area contributed by atoms with Crippen molar-refractivity contribution in [3.05, 3.63) is 11.8 Å². The quantitative estimate of drug-likeness (QED) is 0.871. The second kappa shape index (κ2) is 6.76. The predicted molar refractivity (Wildman–Crippen MR) is 73.9 cm³/mol. The van der Waals surface area contributed by atoms with Gasteiger partial charge in [0, 0.05) is 26.2 Å². The van der Waals surface area contributed by atoms with Gasteiger partial charge in [0.1, 0.15) is 5.82 Å². The van der Waals surface area contributed by atoms with Crippen molar-refractivity contribution in [3.63, 3.8) is 0 Å². The van der Waals surface area contributed by atoms with Gasteiger partial charge in [-0.25, -0.2) is 4.98 Å². The fourth-order valence-electron chi connectivity index (χ4n) is 1.70. The van der Waals surface area contributed by atoms with Crippen LogP contribution in [0, 0.1) is 5.92 Å². The molecule has 0 aliphatic carbocycles. The maximum absolute atomic E-state index is 12.8. The minimum Gasteiger partial charge on any atom is -0.359 e. The van der Waals surface area contributed by atoms with Gasteiger partial charge in [0.2, 0.25) is 5.95 Å². The summed E-state index contributed by atoms with van der Waals surface area (Å²) >= 11 is 0. The lowest BCUT2D eigenvalue weighted by Crippen LogP contribution is -2.26. The Hall–Kier alpha value is -1.53. The summed E-state index contributed by atoms with van der Waals surface area (Å²) in [6.45, 7) is 7.00. The molecule has 0 aliphatic heterocycles. The van der Waals surface area contributed by atoms with E-state index in [1.165, 1.54) is 0 Å². The lowest BCUT2D eigenvalue weighted by atomic mass is 10.1. The van der Waals surface area contributed by atoms with Gasteiger partial charge in [0.25, 0.3) is 0 Å². The van der Waals surface area contributed by atoms with E-state index in [0.29, 0.717) is 19.0 Å². The molecule has 0 spiro atoms. The second-order valence-corrected chi connectivity index (χ2v) is 4.86. The fourth-order valence-corrected chi connectivity index (χ4v) is 1.70. The Labute approximate surface area is 117 Å². The lowest BCUT2D eigenvalue weighted by molar-refractivity contribution is -0.141. The van der Waals surface area contributed by atoms with Crippen molar-refractivity contribution in [2.45, 2.75) is 33.4 Å². The molecule has 1 unspecified atom stereocenters. The van der Waals surface area contributed by atoms with Crippen LogP contribution in [0.15, 0.2) is 6.07 Å². The first-order chi connectivity index (χ1) is 9.27. The van der Waals surface area contributed by atoms with Gasteiger partial charge < -0.3 is 10.2 Å². The third-order valence-corrected chi connectivity index (χ3v) is 3.01. The maximum Gasteiger partial charge on any atom is 0.433 e. The number of rotatable bonds is 6. The number of nitrogens with one attached hydrogen (secondary N) is 1. The Kier molecular flexibility index (Phi) is 5.59. The summed E-state index contributed by atoms with van der Waals surface area (Å²) in [5, 5.41) is 2.73. The Morgan fingerprint density at radius 3 is 2.45 bits per heavy atom. The molecule has 20 heavy (non-hydrogen) atoms. The first kappa shape index (κ1) is 16.5. The zero-order valence-electron chi connectivity index (χ0n) is 12.3. The monoisotopic (exact) mass is 290 g/mol. The van der Waals surface area contributed by atoms with Crippen molar-refractivity contribution in [2.75, 3.05) is 30.4 Å². The van der Waals surface area contributed by atoms with E-state index in [4.69, 9.17) is 0 Å². The highest BCUT2D eigenvalue weighted by Gasteiger charge is 2.34. The van der Waals surface area contributed by atoms with Crippen molar-refractivity contribution in [1.29, 1.82) is 0 Å². The molecule has 0 radical (unpaired) electrons. The third kappa shape index (κ3) is 4.54. The number of halogens is 3. The Balaban J connectivity index is 3.08. The molecule has 1 heterocycles. The van der Waals surface area contributed by atoms with Crippen LogP contribution in [0.25, 0.3) is 0 Å². The van der Waals surface area contributed by atoms with Gasteiger partial charge in [-0.05, 0) is 12.8 Å². The Morgan fingerprint density at radius 1 is 1.30 bits per heavy atom. The summed E-state index contributed by atoms with van der Waals surface area (Å²) in [5.41, 5.74) is -0.922. The predicted octanol–water partition coefficient (Wildman–Crippen LogP) is 3.41. The number of nitrogens with zero attached hydrogens (tertiary/aromatic N) is 3. The molecule has 0 amide bonds. The summed E-state index contributed by atoms with van der Waals surface area (Å²) in [6, 6.07) is 0.989. The van der Waals surface area contributed by atoms with Crippen molar-refractivity contribution in [3.8, 4) is 0 Å². The molecule has 7 heteroatoms. The van der Waals surface area contributed by atoms with E-state index < -0.39 is 11.9 Å². The molecule has 0 fully saturated rings. The summed E-state index contributed by atoms with van der Waals surface area (Å²) in [5.74, 6) is 0.670. The summed E-state index contributed by atoms with van der Waals surface area (Å²) < 4.78 is 38.5. The molecule has 1 rings (SSSR count). The fraction of sp³-hybridized carbons (Fsp3) is 0.692. The molecule has 1 atom stereocenters. The molecule has 0 saturated carbocycles. The highest BCUT2D eigenvalue weighted by Crippen LogP contribution is 2.30. The molecule has 1 aromatic heterocycles. The minimum absolute atomic E-state index is 0.00771. The minimum atomic E-state index is -4.47. The molecular formula is C13H21F3N4. The zero-order valence-corrected chi connectivity index (χ0v) is 12.3. The van der Waals surface area contributed by atoms with Crippen LogP contribution in [0.3, 0.4) is 0 Å². The first-order valence-corrected chi connectivity index (χ1v) is 6.69. The average Bonchev–Trinajstić information content (AvgIpc) is 2.37. The SMILES string of the molecule is CCNc1nc(N(C)CC(C)CC)cc(C(F)(F)F)n1. The van der Waals surface area contributed by atoms with Crippen molar-refractivity contribution in [2.24, 2.45) is 5.92 Å². The highest BCUT2D eigenvalue weighted by atomic mass is 19.4. The summed E-state index contributed by atoms with van der Waals surface area (Å²) in [6.07, 6.45) is -3.51. The van der Waals surface area contributed by atoms with Crippen molar-refractivity contribution >= 4 is 11.8 Å². The molecule has 0 bridgehead atoms. The zero-order chi connectivity index (χ0) is 15.3. The molecule has 114 valence electrons. The van der Waals surface area contributed by atoms with Crippen LogP contribution in [0.1, 0.15) is 32.9 Å². The van der Waals surface area contributed by atoms with E-state index >= 15 is 0 Å². The van der Waals surface area contributed by atoms with E-state index in [-0.39, 0.29) is 11.8 Å². The maximum atomic E-state index is 12.8. The first-order valence-electron chi connectivity index (χ1n) is 6.69. The van der Waals surface area contributed by atoms with Crippen LogP contribution in [0.2, 0.25) is 0 Å². The van der Waals surface area contributed by atoms with Crippen LogP contribution in [-0.2, 0) is 6.18 Å². The Morgan fingerprint density at radius 2 is 1.95 bits per heavy atom. The molecule has 0 saturated heterocycles. The van der Waals surface area contributed by atoms with Gasteiger partial charge in [-0.1, -0.05) is 20.3 Å². The topological polar surface area (TPSA) is 41.1 Å². The molecule has 0 aromatic carbocycles. The van der Waals surface area contributed by atoms with Gasteiger partial charge in [-0.3, -0.25) is 0 Å². The van der Waals surface area contributed by atoms with Gasteiger partial charge in [0.05, 0.1) is 0 Å². The smallest absolute Gasteiger partial charge is 0.359 e. The number of anilines is 2. The van der Waals surface area contributed by atoms with Gasteiger partial charge in [0.15, 0.2) is 5.69 Å². The molecule has 1 N–H and O–H groups in total. The summed E-state index contributed by atoms with van der Waals surface area (Å²) in [7, 11) is 1.74. The van der Waals surface area contributed by atoms with Gasteiger partial charge in [-0.2, -0.15) is 18.2 Å². The van der Waals surface area contributed by atoms with E-state index in [1.807, 2.05) is 13.8 Å². The lowest BCUT2D eigenvalue weighted by Gasteiger charge is -2.23. The largest absolute Gasteiger partial charge is 0.433 e. The van der Waals surface area contributed by atoms with E-state index in [0.717, 1.165) is 12.5 Å². The van der Waals surface area contributed by atoms with Crippen LogP contribution in [0.4, 0.5) is 24.9 Å². The number of alkyl halides is 3. The highest BCUT2D eigenvalue weighted by molar-refractivity contribution is 5.45. The standard InChI is InChI=1S/C13H21F3N4/c1-5-9(3)8-20(4)11-7-10(13(14,15)16)18-12(19-11)17-6-2/h7,9H,5-6,8H2,1-4H3,(H,17,18,19). The van der Waals surface area contributed by atoms with Crippen LogP contribution in [0.5, 0.6) is 0 Å². The van der Waals surface area contributed by atoms with E-state index in [2.05, 4.69) is 15.3 Å². The van der Waals surface area contributed by atoms with Crippen molar-refractivity contribution < 1.29 is 13.2 Å². The molecule has 0 aliphatic rings. The molecule has 4 nitrogen and oxygen atoms in total. The van der Waals surface area contributed by atoms with Crippen molar-refractivity contribution in [1.82, 2.24) is 9.97 Å². The van der Waals surface area contributed by atoms with E-state index in [9.17, 15) is 13.2 Å².